The molecule has 2 atom stereocenters. The molecular formula is C9H12ClNS. The van der Waals surface area contributed by atoms with Crippen molar-refractivity contribution in [2.75, 3.05) is 0 Å². The quantitative estimate of drug-likeness (QED) is 0.671. The second-order valence-corrected chi connectivity index (χ2v) is 4.91. The number of alkyl halides is 1. The maximum atomic E-state index is 6.18. The first-order valence-electron chi connectivity index (χ1n) is 4.37. The van der Waals surface area contributed by atoms with Crippen molar-refractivity contribution in [1.29, 1.82) is 0 Å². The molecule has 0 bridgehead atoms. The van der Waals surface area contributed by atoms with Gasteiger partial charge in [0.05, 0.1) is 5.51 Å². The highest BCUT2D eigenvalue weighted by Gasteiger charge is 2.25. The van der Waals surface area contributed by atoms with Gasteiger partial charge in [-0.2, -0.15) is 0 Å². The summed E-state index contributed by atoms with van der Waals surface area (Å²) < 4.78 is 0. The fourth-order valence-corrected chi connectivity index (χ4v) is 2.88. The lowest BCUT2D eigenvalue weighted by atomic mass is 10.0. The van der Waals surface area contributed by atoms with Gasteiger partial charge in [0.15, 0.2) is 0 Å². The van der Waals surface area contributed by atoms with Crippen molar-refractivity contribution in [3.8, 4) is 0 Å². The Kier molecular flexibility index (Phi) is 2.66. The van der Waals surface area contributed by atoms with Gasteiger partial charge in [0, 0.05) is 16.5 Å². The topological polar surface area (TPSA) is 12.9 Å². The van der Waals surface area contributed by atoms with Crippen LogP contribution in [0.4, 0.5) is 0 Å². The molecule has 0 radical (unpaired) electrons. The number of rotatable bonds is 2. The second-order valence-electron chi connectivity index (χ2n) is 3.38. The predicted octanol–water partition coefficient (Wildman–Crippen LogP) is 3.09. The van der Waals surface area contributed by atoms with E-state index in [1.807, 2.05) is 11.7 Å². The smallest absolute Gasteiger partial charge is 0.0794 e. The number of aromatic nitrogens is 1. The summed E-state index contributed by atoms with van der Waals surface area (Å²) in [5.41, 5.74) is 1.90. The molecular weight excluding hydrogens is 190 g/mol. The molecule has 12 heavy (non-hydrogen) atoms. The second kappa shape index (κ2) is 3.75. The molecule has 1 aromatic heterocycles. The van der Waals surface area contributed by atoms with Crippen molar-refractivity contribution in [3.05, 3.63) is 16.6 Å². The van der Waals surface area contributed by atoms with Crippen LogP contribution in [0, 0.1) is 5.92 Å². The van der Waals surface area contributed by atoms with Crippen LogP contribution >= 0.6 is 22.9 Å². The number of hydrogen-bond acceptors (Lipinski definition) is 2. The van der Waals surface area contributed by atoms with Gasteiger partial charge < -0.3 is 0 Å². The lowest BCUT2D eigenvalue weighted by Crippen LogP contribution is -2.09. The first-order valence-corrected chi connectivity index (χ1v) is 5.69. The fraction of sp³-hybridized carbons (Fsp3) is 0.667. The molecule has 0 aliphatic heterocycles. The van der Waals surface area contributed by atoms with Crippen molar-refractivity contribution in [1.82, 2.24) is 4.98 Å². The van der Waals surface area contributed by atoms with Crippen molar-refractivity contribution in [2.45, 2.75) is 31.1 Å². The summed E-state index contributed by atoms with van der Waals surface area (Å²) in [7, 11) is 0. The zero-order valence-electron chi connectivity index (χ0n) is 6.87. The Hall–Kier alpha value is -0.0800. The van der Waals surface area contributed by atoms with Crippen LogP contribution in [-0.4, -0.2) is 10.4 Å². The Morgan fingerprint density at radius 3 is 3.08 bits per heavy atom. The van der Waals surface area contributed by atoms with E-state index in [2.05, 4.69) is 4.98 Å². The highest BCUT2D eigenvalue weighted by Crippen LogP contribution is 2.33. The van der Waals surface area contributed by atoms with Crippen LogP contribution in [0.3, 0.4) is 0 Å². The lowest BCUT2D eigenvalue weighted by molar-refractivity contribution is 0.557. The molecule has 1 nitrogen and oxygen atoms in total. The molecule has 1 heterocycles. The third kappa shape index (κ3) is 1.80. The summed E-state index contributed by atoms with van der Waals surface area (Å²) in [4.78, 5) is 5.45. The fourth-order valence-electron chi connectivity index (χ4n) is 1.82. The van der Waals surface area contributed by atoms with Gasteiger partial charge in [-0.1, -0.05) is 6.42 Å². The number of thiazole rings is 1. The molecule has 1 aliphatic rings. The van der Waals surface area contributed by atoms with Crippen molar-refractivity contribution >= 4 is 22.9 Å². The Balaban J connectivity index is 1.95. The summed E-state index contributed by atoms with van der Waals surface area (Å²) in [6.45, 7) is 0. The number of hydrogen-bond donors (Lipinski definition) is 0. The van der Waals surface area contributed by atoms with Crippen LogP contribution in [0.1, 0.15) is 24.1 Å². The van der Waals surface area contributed by atoms with E-state index in [0.717, 1.165) is 6.42 Å². The molecule has 0 amide bonds. The molecule has 2 rings (SSSR count). The zero-order valence-corrected chi connectivity index (χ0v) is 8.44. The molecule has 0 N–H and O–H groups in total. The summed E-state index contributed by atoms with van der Waals surface area (Å²) in [6, 6.07) is 0. The van der Waals surface area contributed by atoms with Crippen LogP contribution in [-0.2, 0) is 6.42 Å². The predicted molar refractivity (Wildman–Crippen MR) is 52.8 cm³/mol. The lowest BCUT2D eigenvalue weighted by Gasteiger charge is -2.10. The first-order chi connectivity index (χ1) is 5.86. The van der Waals surface area contributed by atoms with E-state index in [0.29, 0.717) is 11.3 Å². The third-order valence-electron chi connectivity index (χ3n) is 2.51. The summed E-state index contributed by atoms with van der Waals surface area (Å²) in [5.74, 6) is 0.701. The summed E-state index contributed by atoms with van der Waals surface area (Å²) in [6.07, 6.45) is 6.90. The van der Waals surface area contributed by atoms with E-state index in [-0.39, 0.29) is 0 Å². The average Bonchev–Trinajstić information content (AvgIpc) is 2.65. The minimum atomic E-state index is 0.409. The normalized spacial score (nSPS) is 29.4. The van der Waals surface area contributed by atoms with Crippen molar-refractivity contribution in [2.24, 2.45) is 5.92 Å². The number of halogens is 1. The molecule has 1 aliphatic carbocycles. The molecule has 1 aromatic rings. The molecule has 1 fully saturated rings. The Labute approximate surface area is 81.8 Å². The highest BCUT2D eigenvalue weighted by atomic mass is 35.5. The minimum absolute atomic E-state index is 0.409. The van der Waals surface area contributed by atoms with E-state index in [1.165, 1.54) is 24.1 Å². The third-order valence-corrected chi connectivity index (χ3v) is 3.89. The van der Waals surface area contributed by atoms with Crippen LogP contribution in [0.2, 0.25) is 0 Å². The summed E-state index contributed by atoms with van der Waals surface area (Å²) in [5, 5.41) is 0.409. The van der Waals surface area contributed by atoms with Crippen molar-refractivity contribution in [3.63, 3.8) is 0 Å². The van der Waals surface area contributed by atoms with Gasteiger partial charge in [-0.25, -0.2) is 0 Å². The van der Waals surface area contributed by atoms with Crippen LogP contribution < -0.4 is 0 Å². The SMILES string of the molecule is ClC1CCCC1Cc1cncs1. The van der Waals surface area contributed by atoms with Gasteiger partial charge >= 0.3 is 0 Å². The number of nitrogens with zero attached hydrogens (tertiary/aromatic N) is 1. The van der Waals surface area contributed by atoms with Gasteiger partial charge in [0.25, 0.3) is 0 Å². The molecule has 3 heteroatoms. The monoisotopic (exact) mass is 201 g/mol. The van der Waals surface area contributed by atoms with E-state index in [1.54, 1.807) is 11.3 Å². The molecule has 2 unspecified atom stereocenters. The van der Waals surface area contributed by atoms with E-state index >= 15 is 0 Å². The van der Waals surface area contributed by atoms with Gasteiger partial charge in [-0.15, -0.1) is 22.9 Å². The van der Waals surface area contributed by atoms with Crippen LogP contribution in [0.25, 0.3) is 0 Å². The first kappa shape index (κ1) is 8.52. The van der Waals surface area contributed by atoms with Gasteiger partial charge in [-0.3, -0.25) is 4.98 Å². The van der Waals surface area contributed by atoms with Gasteiger partial charge in [-0.05, 0) is 25.2 Å². The molecule has 0 spiro atoms. The maximum Gasteiger partial charge on any atom is 0.0794 e. The zero-order chi connectivity index (χ0) is 8.39. The molecule has 0 saturated heterocycles. The van der Waals surface area contributed by atoms with Gasteiger partial charge in [0.2, 0.25) is 0 Å². The Morgan fingerprint density at radius 2 is 2.50 bits per heavy atom. The maximum absolute atomic E-state index is 6.18. The Bertz CT molecular complexity index is 235. The molecule has 0 aromatic carbocycles. The average molecular weight is 202 g/mol. The van der Waals surface area contributed by atoms with E-state index in [9.17, 15) is 0 Å². The largest absolute Gasteiger partial charge is 0.253 e. The minimum Gasteiger partial charge on any atom is -0.253 e. The Morgan fingerprint density at radius 1 is 1.58 bits per heavy atom. The summed E-state index contributed by atoms with van der Waals surface area (Å²) >= 11 is 7.92. The van der Waals surface area contributed by atoms with Crippen LogP contribution in [0.5, 0.6) is 0 Å². The highest BCUT2D eigenvalue weighted by molar-refractivity contribution is 7.09. The molecule has 1 saturated carbocycles. The van der Waals surface area contributed by atoms with Gasteiger partial charge in [0.1, 0.15) is 0 Å². The van der Waals surface area contributed by atoms with Crippen LogP contribution in [0.15, 0.2) is 11.7 Å². The van der Waals surface area contributed by atoms with E-state index in [4.69, 9.17) is 11.6 Å². The standard InChI is InChI=1S/C9H12ClNS/c10-9-3-1-2-7(9)4-8-5-11-6-12-8/h5-7,9H,1-4H2. The molecule has 66 valence electrons. The van der Waals surface area contributed by atoms with E-state index < -0.39 is 0 Å². The van der Waals surface area contributed by atoms with Crippen molar-refractivity contribution < 1.29 is 0 Å².